The molecular formula is C26H34N4O. The Kier molecular flexibility index (Phi) is 7.03. The summed E-state index contributed by atoms with van der Waals surface area (Å²) in [6.07, 6.45) is 7.55. The molecule has 2 aromatic carbocycles. The van der Waals surface area contributed by atoms with E-state index in [0.717, 1.165) is 67.1 Å². The molecule has 1 fully saturated rings. The number of hydrogen-bond donors (Lipinski definition) is 1. The van der Waals surface area contributed by atoms with Gasteiger partial charge in [-0.3, -0.25) is 9.69 Å². The molecule has 0 radical (unpaired) electrons. The Bertz CT molecular complexity index is 1030. The van der Waals surface area contributed by atoms with Crippen LogP contribution in [0.25, 0.3) is 11.0 Å². The van der Waals surface area contributed by atoms with Gasteiger partial charge in [0.25, 0.3) is 5.91 Å². The zero-order valence-corrected chi connectivity index (χ0v) is 18.9. The van der Waals surface area contributed by atoms with Crippen LogP contribution in [0.15, 0.2) is 42.5 Å². The van der Waals surface area contributed by atoms with Crippen LogP contribution >= 0.6 is 0 Å². The first-order valence-electron chi connectivity index (χ1n) is 11.7. The van der Waals surface area contributed by atoms with E-state index < -0.39 is 0 Å². The van der Waals surface area contributed by atoms with E-state index in [2.05, 4.69) is 27.8 Å². The van der Waals surface area contributed by atoms with Gasteiger partial charge in [-0.2, -0.15) is 0 Å². The lowest BCUT2D eigenvalue weighted by molar-refractivity contribution is 0.102. The van der Waals surface area contributed by atoms with Gasteiger partial charge in [0, 0.05) is 17.8 Å². The van der Waals surface area contributed by atoms with Crippen LogP contribution in [0.1, 0.15) is 67.2 Å². The second-order valence-electron chi connectivity index (χ2n) is 8.70. The second-order valence-corrected chi connectivity index (χ2v) is 8.70. The molecule has 1 aliphatic heterocycles. The average molecular weight is 419 g/mol. The number of nitrogens with zero attached hydrogens (tertiary/aromatic N) is 3. The number of carbonyl (C=O) groups is 1. The molecule has 2 heterocycles. The van der Waals surface area contributed by atoms with Crippen molar-refractivity contribution in [3.8, 4) is 0 Å². The third-order valence-electron chi connectivity index (χ3n) is 6.27. The molecule has 0 atom stereocenters. The van der Waals surface area contributed by atoms with Gasteiger partial charge in [-0.1, -0.05) is 44.4 Å². The van der Waals surface area contributed by atoms with E-state index in [9.17, 15) is 4.79 Å². The van der Waals surface area contributed by atoms with Crippen molar-refractivity contribution in [3.05, 3.63) is 59.4 Å². The van der Waals surface area contributed by atoms with E-state index in [0.29, 0.717) is 5.56 Å². The normalized spacial score (nSPS) is 15.2. The lowest BCUT2D eigenvalue weighted by Gasteiger charge is -2.20. The molecule has 1 amide bonds. The van der Waals surface area contributed by atoms with Crippen molar-refractivity contribution in [2.75, 3.05) is 18.4 Å². The van der Waals surface area contributed by atoms with Crippen LogP contribution < -0.4 is 5.32 Å². The van der Waals surface area contributed by atoms with Crippen molar-refractivity contribution >= 4 is 22.6 Å². The summed E-state index contributed by atoms with van der Waals surface area (Å²) in [7, 11) is 0. The molecule has 164 valence electrons. The molecule has 0 spiro atoms. The van der Waals surface area contributed by atoms with E-state index in [1.807, 2.05) is 43.3 Å². The molecule has 3 aromatic rings. The van der Waals surface area contributed by atoms with Crippen molar-refractivity contribution < 1.29 is 4.79 Å². The van der Waals surface area contributed by atoms with Crippen LogP contribution in [0.4, 0.5) is 5.69 Å². The number of anilines is 1. The minimum Gasteiger partial charge on any atom is -0.327 e. The molecule has 31 heavy (non-hydrogen) atoms. The summed E-state index contributed by atoms with van der Waals surface area (Å²) in [5, 5.41) is 3.05. The maximum absolute atomic E-state index is 12.7. The predicted molar refractivity (Wildman–Crippen MR) is 128 cm³/mol. The Morgan fingerprint density at radius 2 is 1.84 bits per heavy atom. The number of carbonyl (C=O) groups excluding carboxylic acids is 1. The Labute approximate surface area is 185 Å². The highest BCUT2D eigenvalue weighted by atomic mass is 16.1. The number of aromatic nitrogens is 2. The number of likely N-dealkylation sites (tertiary alicyclic amines) is 1. The molecule has 5 nitrogen and oxygen atoms in total. The van der Waals surface area contributed by atoms with E-state index in [1.54, 1.807) is 0 Å². The summed E-state index contributed by atoms with van der Waals surface area (Å²) in [6, 6.07) is 13.8. The first-order valence-corrected chi connectivity index (χ1v) is 11.7. The summed E-state index contributed by atoms with van der Waals surface area (Å²) in [4.78, 5) is 20.3. The molecule has 0 unspecified atom stereocenters. The van der Waals surface area contributed by atoms with Crippen molar-refractivity contribution in [1.82, 2.24) is 14.5 Å². The number of nitrogens with one attached hydrogen (secondary N) is 1. The first kappa shape index (κ1) is 21.6. The fourth-order valence-electron chi connectivity index (χ4n) is 4.46. The number of aryl methyl sites for hydroxylation is 2. The van der Waals surface area contributed by atoms with Gasteiger partial charge in [0.15, 0.2) is 0 Å². The van der Waals surface area contributed by atoms with Gasteiger partial charge in [0.05, 0.1) is 17.6 Å². The molecule has 0 bridgehead atoms. The van der Waals surface area contributed by atoms with Crippen LogP contribution in [-0.4, -0.2) is 33.4 Å². The summed E-state index contributed by atoms with van der Waals surface area (Å²) in [5.74, 6) is 1.07. The Hall–Kier alpha value is -2.66. The van der Waals surface area contributed by atoms with Gasteiger partial charge >= 0.3 is 0 Å². The van der Waals surface area contributed by atoms with Crippen LogP contribution in [0, 0.1) is 6.92 Å². The molecule has 1 aromatic heterocycles. The fraction of sp³-hybridized carbons (Fsp3) is 0.462. The van der Waals surface area contributed by atoms with Crippen LogP contribution in [0.2, 0.25) is 0 Å². The van der Waals surface area contributed by atoms with E-state index in [-0.39, 0.29) is 5.91 Å². The molecule has 1 saturated heterocycles. The topological polar surface area (TPSA) is 50.2 Å². The molecule has 5 heteroatoms. The summed E-state index contributed by atoms with van der Waals surface area (Å²) in [6.45, 7) is 8.41. The summed E-state index contributed by atoms with van der Waals surface area (Å²) >= 11 is 0. The minimum atomic E-state index is -0.0762. The van der Waals surface area contributed by atoms with Gasteiger partial charge in [-0.05, 0) is 69.1 Å². The van der Waals surface area contributed by atoms with Gasteiger partial charge in [-0.15, -0.1) is 0 Å². The predicted octanol–water partition coefficient (Wildman–Crippen LogP) is 5.77. The third kappa shape index (κ3) is 5.16. The zero-order valence-electron chi connectivity index (χ0n) is 18.9. The fourth-order valence-corrected chi connectivity index (χ4v) is 4.46. The Morgan fingerprint density at radius 3 is 2.58 bits per heavy atom. The highest BCUT2D eigenvalue weighted by molar-refractivity contribution is 6.05. The number of rotatable bonds is 7. The van der Waals surface area contributed by atoms with Crippen molar-refractivity contribution in [2.45, 2.75) is 65.5 Å². The molecular weight excluding hydrogens is 384 g/mol. The summed E-state index contributed by atoms with van der Waals surface area (Å²) < 4.78 is 2.39. The largest absolute Gasteiger partial charge is 0.327 e. The molecule has 1 N–H and O–H groups in total. The van der Waals surface area contributed by atoms with Crippen molar-refractivity contribution in [1.29, 1.82) is 0 Å². The standard InChI is InChI=1S/C26H34N4O/c1-3-4-17-30-24-14-13-21(27-26(31)22-12-8-7-11-20(22)2)18-23(24)28-25(30)19-29-15-9-5-6-10-16-29/h7-8,11-14,18H,3-6,9-10,15-17,19H2,1-2H3,(H,27,31). The lowest BCUT2D eigenvalue weighted by atomic mass is 10.1. The van der Waals surface area contributed by atoms with Crippen LogP contribution in [0.3, 0.4) is 0 Å². The second kappa shape index (κ2) is 10.1. The average Bonchev–Trinajstić information content (AvgIpc) is 2.91. The van der Waals surface area contributed by atoms with Gasteiger partial charge < -0.3 is 9.88 Å². The van der Waals surface area contributed by atoms with Crippen molar-refractivity contribution in [3.63, 3.8) is 0 Å². The number of amides is 1. The minimum absolute atomic E-state index is 0.0762. The SMILES string of the molecule is CCCCn1c(CN2CCCCCC2)nc2cc(NC(=O)c3ccccc3C)ccc21. The highest BCUT2D eigenvalue weighted by Gasteiger charge is 2.17. The number of fused-ring (bicyclic) bond motifs is 1. The van der Waals surface area contributed by atoms with Gasteiger partial charge in [0.1, 0.15) is 5.82 Å². The zero-order chi connectivity index (χ0) is 21.6. The number of unbranched alkanes of at least 4 members (excludes halogenated alkanes) is 1. The lowest BCUT2D eigenvalue weighted by Crippen LogP contribution is -2.26. The van der Waals surface area contributed by atoms with E-state index in [1.165, 1.54) is 25.7 Å². The quantitative estimate of drug-likeness (QED) is 0.530. The number of imidazole rings is 1. The number of benzene rings is 2. The monoisotopic (exact) mass is 418 g/mol. The molecule has 1 aliphatic rings. The maximum Gasteiger partial charge on any atom is 0.255 e. The Balaban J connectivity index is 1.59. The van der Waals surface area contributed by atoms with Gasteiger partial charge in [0.2, 0.25) is 0 Å². The van der Waals surface area contributed by atoms with Crippen LogP contribution in [-0.2, 0) is 13.1 Å². The van der Waals surface area contributed by atoms with Crippen molar-refractivity contribution in [2.24, 2.45) is 0 Å². The van der Waals surface area contributed by atoms with Gasteiger partial charge in [-0.25, -0.2) is 4.98 Å². The highest BCUT2D eigenvalue weighted by Crippen LogP contribution is 2.24. The molecule has 0 aliphatic carbocycles. The molecule has 4 rings (SSSR count). The Morgan fingerprint density at radius 1 is 1.06 bits per heavy atom. The summed E-state index contributed by atoms with van der Waals surface area (Å²) in [5.41, 5.74) is 4.60. The molecule has 0 saturated carbocycles. The van der Waals surface area contributed by atoms with E-state index >= 15 is 0 Å². The van der Waals surface area contributed by atoms with Crippen LogP contribution in [0.5, 0.6) is 0 Å². The first-order chi connectivity index (χ1) is 15.2. The smallest absolute Gasteiger partial charge is 0.255 e. The van der Waals surface area contributed by atoms with E-state index in [4.69, 9.17) is 4.98 Å². The number of hydrogen-bond acceptors (Lipinski definition) is 3. The maximum atomic E-state index is 12.7. The third-order valence-corrected chi connectivity index (χ3v) is 6.27.